The third kappa shape index (κ3) is 5.60. The van der Waals surface area contributed by atoms with E-state index in [1.54, 1.807) is 29.2 Å². The van der Waals surface area contributed by atoms with Gasteiger partial charge in [0, 0.05) is 31.7 Å². The van der Waals surface area contributed by atoms with Gasteiger partial charge in [-0.05, 0) is 67.0 Å². The number of aromatic nitrogens is 1. The molecule has 3 aromatic carbocycles. The summed E-state index contributed by atoms with van der Waals surface area (Å²) in [6.45, 7) is 7.52. The van der Waals surface area contributed by atoms with E-state index >= 15 is 0 Å². The number of benzene rings is 3. The predicted molar refractivity (Wildman–Crippen MR) is 153 cm³/mol. The molecular weight excluding hydrogens is 535 g/mol. The topological polar surface area (TPSA) is 73.8 Å². The van der Waals surface area contributed by atoms with Crippen LogP contribution in [0.5, 0.6) is 0 Å². The maximum Gasteiger partial charge on any atom is 0.260 e. The fourth-order valence-corrected chi connectivity index (χ4v) is 7.26. The Morgan fingerprint density at radius 3 is 2.38 bits per heavy atom. The molecule has 204 valence electrons. The van der Waals surface area contributed by atoms with Crippen LogP contribution in [0.3, 0.4) is 0 Å². The summed E-state index contributed by atoms with van der Waals surface area (Å²) < 4.78 is 43.3. The Kier molecular flexibility index (Phi) is 8.08. The first-order chi connectivity index (χ1) is 18.8. The summed E-state index contributed by atoms with van der Waals surface area (Å²) in [6.07, 6.45) is 0.663. The number of thiazole rings is 1. The molecule has 0 unspecified atom stereocenters. The molecule has 10 heteroatoms. The summed E-state index contributed by atoms with van der Waals surface area (Å²) in [5, 5.41) is 0.413. The van der Waals surface area contributed by atoms with Crippen molar-refractivity contribution in [3.8, 4) is 0 Å². The Hall–Kier alpha value is -3.18. The molecule has 5 rings (SSSR count). The lowest BCUT2D eigenvalue weighted by Crippen LogP contribution is -2.39. The first-order valence-corrected chi connectivity index (χ1v) is 15.3. The van der Waals surface area contributed by atoms with Gasteiger partial charge in [-0.1, -0.05) is 55.5 Å². The summed E-state index contributed by atoms with van der Waals surface area (Å²) >= 11 is 1.26. The van der Waals surface area contributed by atoms with Gasteiger partial charge in [0.15, 0.2) is 5.13 Å². The largest absolute Gasteiger partial charge is 0.302 e. The SMILES string of the molecule is CCN(CC)CCN(C(=O)c1ccc(S(=O)(=O)N2CCc3ccccc3C2)cc1)c1nc2c(F)cccc2s1. The standard InChI is InChI=1S/C29H31FN4O3S2/c1-3-32(4-2)18-19-34(29-31-27-25(30)10-7-11-26(27)38-29)28(35)22-12-14-24(15-13-22)39(36,37)33-17-16-21-8-5-6-9-23(21)20-33/h5-15H,3-4,16-20H2,1-2H3. The van der Waals surface area contributed by atoms with Crippen molar-refractivity contribution in [1.29, 1.82) is 0 Å². The fraction of sp³-hybridized carbons (Fsp3) is 0.310. The van der Waals surface area contributed by atoms with E-state index in [1.165, 1.54) is 39.4 Å². The molecule has 4 aromatic rings. The lowest BCUT2D eigenvalue weighted by molar-refractivity contribution is 0.0983. The molecule has 7 nitrogen and oxygen atoms in total. The first kappa shape index (κ1) is 27.4. The highest BCUT2D eigenvalue weighted by molar-refractivity contribution is 7.89. The van der Waals surface area contributed by atoms with Crippen LogP contribution >= 0.6 is 11.3 Å². The van der Waals surface area contributed by atoms with Crippen LogP contribution in [0.25, 0.3) is 10.2 Å². The van der Waals surface area contributed by atoms with Crippen molar-refractivity contribution in [2.24, 2.45) is 0 Å². The van der Waals surface area contributed by atoms with Crippen molar-refractivity contribution in [3.05, 3.63) is 89.2 Å². The molecule has 1 aliphatic heterocycles. The van der Waals surface area contributed by atoms with Crippen LogP contribution < -0.4 is 4.90 Å². The third-order valence-corrected chi connectivity index (χ3v) is 10.1. The van der Waals surface area contributed by atoms with Gasteiger partial charge < -0.3 is 4.90 Å². The maximum atomic E-state index is 14.4. The zero-order chi connectivity index (χ0) is 27.6. The second kappa shape index (κ2) is 11.5. The third-order valence-electron chi connectivity index (χ3n) is 7.20. The number of anilines is 1. The Bertz CT molecular complexity index is 1580. The number of sulfonamides is 1. The number of rotatable bonds is 9. The van der Waals surface area contributed by atoms with Crippen molar-refractivity contribution >= 4 is 42.6 Å². The van der Waals surface area contributed by atoms with Gasteiger partial charge in [-0.15, -0.1) is 0 Å². The van der Waals surface area contributed by atoms with E-state index in [0.717, 1.165) is 18.7 Å². The van der Waals surface area contributed by atoms with Gasteiger partial charge >= 0.3 is 0 Å². The maximum absolute atomic E-state index is 14.4. The van der Waals surface area contributed by atoms with E-state index < -0.39 is 15.8 Å². The number of halogens is 1. The number of amides is 1. The van der Waals surface area contributed by atoms with Gasteiger partial charge in [-0.2, -0.15) is 4.31 Å². The molecule has 0 N–H and O–H groups in total. The lowest BCUT2D eigenvalue weighted by atomic mass is 10.0. The predicted octanol–water partition coefficient (Wildman–Crippen LogP) is 5.17. The minimum Gasteiger partial charge on any atom is -0.302 e. The number of fused-ring (bicyclic) bond motifs is 2. The second-order valence-electron chi connectivity index (χ2n) is 9.45. The molecule has 2 heterocycles. The van der Waals surface area contributed by atoms with Crippen LogP contribution in [0.1, 0.15) is 35.3 Å². The zero-order valence-corrected chi connectivity index (χ0v) is 23.6. The number of hydrogen-bond acceptors (Lipinski definition) is 6. The number of hydrogen-bond donors (Lipinski definition) is 0. The molecule has 0 spiro atoms. The van der Waals surface area contributed by atoms with Crippen LogP contribution in [-0.2, 0) is 23.0 Å². The van der Waals surface area contributed by atoms with Gasteiger partial charge in [-0.3, -0.25) is 9.69 Å². The second-order valence-corrected chi connectivity index (χ2v) is 12.4. The zero-order valence-electron chi connectivity index (χ0n) is 22.0. The van der Waals surface area contributed by atoms with Gasteiger partial charge in [-0.25, -0.2) is 17.8 Å². The number of likely N-dealkylation sites (N-methyl/N-ethyl adjacent to an activating group) is 1. The highest BCUT2D eigenvalue weighted by Gasteiger charge is 2.29. The lowest BCUT2D eigenvalue weighted by Gasteiger charge is -2.28. The van der Waals surface area contributed by atoms with E-state index in [0.29, 0.717) is 48.0 Å². The van der Waals surface area contributed by atoms with Crippen molar-refractivity contribution in [2.45, 2.75) is 31.7 Å². The molecular formula is C29H31FN4O3S2. The molecule has 0 radical (unpaired) electrons. The van der Waals surface area contributed by atoms with Crippen LogP contribution in [0, 0.1) is 5.82 Å². The van der Waals surface area contributed by atoms with Crippen LogP contribution in [0.15, 0.2) is 71.6 Å². The van der Waals surface area contributed by atoms with E-state index in [1.807, 2.05) is 24.3 Å². The molecule has 1 aliphatic rings. The molecule has 0 aliphatic carbocycles. The van der Waals surface area contributed by atoms with Crippen LogP contribution in [0.4, 0.5) is 9.52 Å². The molecule has 1 aromatic heterocycles. The molecule has 0 saturated heterocycles. The Balaban J connectivity index is 1.40. The average molecular weight is 567 g/mol. The molecule has 0 saturated carbocycles. The number of nitrogens with zero attached hydrogens (tertiary/aromatic N) is 4. The summed E-state index contributed by atoms with van der Waals surface area (Å²) in [4.78, 5) is 22.1. The highest BCUT2D eigenvalue weighted by Crippen LogP contribution is 2.31. The van der Waals surface area contributed by atoms with Gasteiger partial charge in [0.05, 0.1) is 9.60 Å². The van der Waals surface area contributed by atoms with Crippen molar-refractivity contribution < 1.29 is 17.6 Å². The average Bonchev–Trinajstić information content (AvgIpc) is 3.40. The molecule has 1 amide bonds. The van der Waals surface area contributed by atoms with E-state index in [2.05, 4.69) is 23.7 Å². The minimum atomic E-state index is -3.72. The van der Waals surface area contributed by atoms with Gasteiger partial charge in [0.1, 0.15) is 11.3 Å². The van der Waals surface area contributed by atoms with Crippen LogP contribution in [0.2, 0.25) is 0 Å². The summed E-state index contributed by atoms with van der Waals surface area (Å²) in [7, 11) is -3.72. The Labute approximate surface area is 232 Å². The Morgan fingerprint density at radius 2 is 1.69 bits per heavy atom. The summed E-state index contributed by atoms with van der Waals surface area (Å²) in [6, 6.07) is 18.7. The molecule has 0 bridgehead atoms. The van der Waals surface area contributed by atoms with Crippen molar-refractivity contribution in [2.75, 3.05) is 37.6 Å². The van der Waals surface area contributed by atoms with Gasteiger partial charge in [0.2, 0.25) is 10.0 Å². The number of carbonyl (C=O) groups excluding carboxylic acids is 1. The normalized spacial score (nSPS) is 14.1. The van der Waals surface area contributed by atoms with Crippen LogP contribution in [-0.4, -0.2) is 61.2 Å². The van der Waals surface area contributed by atoms with E-state index in [9.17, 15) is 17.6 Å². The molecule has 0 atom stereocenters. The van der Waals surface area contributed by atoms with E-state index in [-0.39, 0.29) is 16.3 Å². The summed E-state index contributed by atoms with van der Waals surface area (Å²) in [5.74, 6) is -0.737. The first-order valence-electron chi connectivity index (χ1n) is 13.1. The van der Waals surface area contributed by atoms with Crippen molar-refractivity contribution in [1.82, 2.24) is 14.2 Å². The molecule has 0 fully saturated rings. The minimum absolute atomic E-state index is 0.148. The smallest absolute Gasteiger partial charge is 0.260 e. The monoisotopic (exact) mass is 566 g/mol. The fourth-order valence-electron chi connectivity index (χ4n) is 4.83. The Morgan fingerprint density at radius 1 is 0.974 bits per heavy atom. The highest BCUT2D eigenvalue weighted by atomic mass is 32.2. The summed E-state index contributed by atoms with van der Waals surface area (Å²) in [5.41, 5.74) is 2.76. The number of para-hydroxylation sites is 1. The van der Waals surface area contributed by atoms with Gasteiger partial charge in [0.25, 0.3) is 5.91 Å². The molecule has 39 heavy (non-hydrogen) atoms. The quantitative estimate of drug-likeness (QED) is 0.280. The van der Waals surface area contributed by atoms with Crippen molar-refractivity contribution in [3.63, 3.8) is 0 Å². The number of carbonyl (C=O) groups is 1. The van der Waals surface area contributed by atoms with E-state index in [4.69, 9.17) is 0 Å².